The Morgan fingerprint density at radius 3 is 2.58 bits per heavy atom. The van der Waals surface area contributed by atoms with Gasteiger partial charge in [0.15, 0.2) is 0 Å². The molecule has 3 rings (SSSR count). The summed E-state index contributed by atoms with van der Waals surface area (Å²) in [4.78, 5) is 16.2. The number of benzene rings is 2. The summed E-state index contributed by atoms with van der Waals surface area (Å²) in [5, 5.41) is 12.9. The molecule has 6 nitrogen and oxygen atoms in total. The van der Waals surface area contributed by atoms with Gasteiger partial charge in [-0.25, -0.2) is 0 Å². The molecule has 1 aliphatic heterocycles. The fraction of sp³-hybridized carbons (Fsp3) is 0.350. The van der Waals surface area contributed by atoms with Gasteiger partial charge in [0.1, 0.15) is 5.75 Å². The molecule has 1 amide bonds. The Hall–Kier alpha value is -2.73. The Balaban J connectivity index is 1.40. The fourth-order valence-electron chi connectivity index (χ4n) is 3.30. The van der Waals surface area contributed by atoms with Gasteiger partial charge in [-0.1, -0.05) is 18.2 Å². The molecule has 0 unspecified atom stereocenters. The number of hydrogen-bond acceptors (Lipinski definition) is 5. The number of piperazine rings is 1. The van der Waals surface area contributed by atoms with Crippen LogP contribution in [0.5, 0.6) is 5.75 Å². The highest BCUT2D eigenvalue weighted by molar-refractivity contribution is 5.98. The van der Waals surface area contributed by atoms with Crippen LogP contribution in [0.25, 0.3) is 0 Å². The van der Waals surface area contributed by atoms with E-state index in [-0.39, 0.29) is 0 Å². The molecule has 1 aliphatic rings. The van der Waals surface area contributed by atoms with Crippen molar-refractivity contribution in [2.45, 2.75) is 6.42 Å². The molecule has 0 bridgehead atoms. The number of para-hydroxylation sites is 1. The van der Waals surface area contributed by atoms with E-state index in [0.717, 1.165) is 57.1 Å². The van der Waals surface area contributed by atoms with Crippen LogP contribution in [0.15, 0.2) is 48.5 Å². The van der Waals surface area contributed by atoms with E-state index in [1.54, 1.807) is 12.1 Å². The molecule has 0 aromatic heterocycles. The maximum Gasteiger partial charge on any atom is 0.250 e. The van der Waals surface area contributed by atoms with Crippen LogP contribution in [0.2, 0.25) is 0 Å². The second-order valence-corrected chi connectivity index (χ2v) is 6.54. The normalized spacial score (nSPS) is 15.0. The van der Waals surface area contributed by atoms with Gasteiger partial charge in [0.25, 0.3) is 5.91 Å². The molecule has 2 aromatic rings. The van der Waals surface area contributed by atoms with Gasteiger partial charge >= 0.3 is 0 Å². The Kier molecular flexibility index (Phi) is 5.96. The molecule has 0 aliphatic carbocycles. The van der Waals surface area contributed by atoms with Gasteiger partial charge in [-0.3, -0.25) is 9.69 Å². The number of aromatic hydroxyl groups is 1. The number of nitrogens with zero attached hydrogens (tertiary/aromatic N) is 2. The van der Waals surface area contributed by atoms with Crippen LogP contribution in [0.4, 0.5) is 11.4 Å². The molecule has 2 aromatic carbocycles. The SMILES string of the molecule is NC(=O)c1ccccc1NCCCN1CCN(c2cccc(O)c2)CC1. The van der Waals surface area contributed by atoms with Crippen molar-refractivity contribution in [2.24, 2.45) is 5.73 Å². The molecule has 0 saturated carbocycles. The van der Waals surface area contributed by atoms with Crippen molar-refractivity contribution in [2.75, 3.05) is 49.5 Å². The number of carbonyl (C=O) groups is 1. The van der Waals surface area contributed by atoms with Crippen molar-refractivity contribution < 1.29 is 9.90 Å². The number of nitrogens with two attached hydrogens (primary N) is 1. The van der Waals surface area contributed by atoms with Crippen molar-refractivity contribution in [1.29, 1.82) is 0 Å². The number of amides is 1. The van der Waals surface area contributed by atoms with Crippen LogP contribution in [0.3, 0.4) is 0 Å². The summed E-state index contributed by atoms with van der Waals surface area (Å²) in [5.74, 6) is -0.0941. The minimum absolute atomic E-state index is 0.312. The van der Waals surface area contributed by atoms with Gasteiger partial charge in [-0.05, 0) is 37.2 Å². The third-order valence-corrected chi connectivity index (χ3v) is 4.73. The van der Waals surface area contributed by atoms with Crippen LogP contribution < -0.4 is 16.0 Å². The second-order valence-electron chi connectivity index (χ2n) is 6.54. The smallest absolute Gasteiger partial charge is 0.250 e. The maximum atomic E-state index is 11.4. The van der Waals surface area contributed by atoms with E-state index < -0.39 is 5.91 Å². The summed E-state index contributed by atoms with van der Waals surface area (Å²) in [6, 6.07) is 14.8. The summed E-state index contributed by atoms with van der Waals surface area (Å²) in [6.45, 7) is 5.75. The third kappa shape index (κ3) is 4.67. The predicted molar refractivity (Wildman–Crippen MR) is 105 cm³/mol. The molecular formula is C20H26N4O2. The number of anilines is 2. The van der Waals surface area contributed by atoms with Gasteiger partial charge in [-0.2, -0.15) is 0 Å². The number of carbonyl (C=O) groups excluding carboxylic acids is 1. The van der Waals surface area contributed by atoms with Crippen LogP contribution >= 0.6 is 0 Å². The summed E-state index contributed by atoms with van der Waals surface area (Å²) in [6.07, 6.45) is 0.999. The van der Waals surface area contributed by atoms with Crippen molar-refractivity contribution in [1.82, 2.24) is 4.90 Å². The number of rotatable bonds is 7. The number of phenolic OH excluding ortho intramolecular Hbond substituents is 1. The molecule has 1 fully saturated rings. The zero-order valence-electron chi connectivity index (χ0n) is 14.9. The highest BCUT2D eigenvalue weighted by Crippen LogP contribution is 2.21. The molecular weight excluding hydrogens is 328 g/mol. The van der Waals surface area contributed by atoms with Crippen LogP contribution in [-0.2, 0) is 0 Å². The van der Waals surface area contributed by atoms with Crippen molar-refractivity contribution in [3.05, 3.63) is 54.1 Å². The third-order valence-electron chi connectivity index (χ3n) is 4.73. The molecule has 0 spiro atoms. The molecule has 6 heteroatoms. The monoisotopic (exact) mass is 354 g/mol. The van der Waals surface area contributed by atoms with E-state index in [1.165, 1.54) is 0 Å². The molecule has 138 valence electrons. The lowest BCUT2D eigenvalue weighted by atomic mass is 10.1. The highest BCUT2D eigenvalue weighted by Gasteiger charge is 2.17. The van der Waals surface area contributed by atoms with Gasteiger partial charge in [0.2, 0.25) is 0 Å². The Bertz CT molecular complexity index is 742. The number of nitrogens with one attached hydrogen (secondary N) is 1. The topological polar surface area (TPSA) is 81.8 Å². The molecule has 0 atom stereocenters. The first-order valence-corrected chi connectivity index (χ1v) is 9.02. The Labute approximate surface area is 154 Å². The Morgan fingerprint density at radius 1 is 1.08 bits per heavy atom. The zero-order chi connectivity index (χ0) is 18.4. The zero-order valence-corrected chi connectivity index (χ0v) is 14.9. The minimum atomic E-state index is -0.406. The Morgan fingerprint density at radius 2 is 1.85 bits per heavy atom. The molecule has 26 heavy (non-hydrogen) atoms. The van der Waals surface area contributed by atoms with E-state index in [0.29, 0.717) is 11.3 Å². The van der Waals surface area contributed by atoms with E-state index in [4.69, 9.17) is 5.73 Å². The van der Waals surface area contributed by atoms with Gasteiger partial charge < -0.3 is 21.1 Å². The quantitative estimate of drug-likeness (QED) is 0.664. The standard InChI is InChI=1S/C20H26N4O2/c21-20(26)18-7-1-2-8-19(18)22-9-4-10-23-11-13-24(14-12-23)16-5-3-6-17(25)15-16/h1-3,5-8,15,22,25H,4,9-14H2,(H2,21,26). The van der Waals surface area contributed by atoms with E-state index in [1.807, 2.05) is 36.4 Å². The largest absolute Gasteiger partial charge is 0.508 e. The first kappa shape index (κ1) is 18.1. The average Bonchev–Trinajstić information content (AvgIpc) is 2.66. The number of hydrogen-bond donors (Lipinski definition) is 3. The summed E-state index contributed by atoms with van der Waals surface area (Å²) in [5.41, 5.74) is 7.81. The van der Waals surface area contributed by atoms with Gasteiger partial charge in [0.05, 0.1) is 5.56 Å². The van der Waals surface area contributed by atoms with Crippen molar-refractivity contribution in [3.8, 4) is 5.75 Å². The number of primary amides is 1. The fourth-order valence-corrected chi connectivity index (χ4v) is 3.30. The lowest BCUT2D eigenvalue weighted by Gasteiger charge is -2.36. The van der Waals surface area contributed by atoms with Gasteiger partial charge in [0, 0.05) is 50.2 Å². The van der Waals surface area contributed by atoms with E-state index in [2.05, 4.69) is 15.1 Å². The molecule has 1 saturated heterocycles. The van der Waals surface area contributed by atoms with Crippen molar-refractivity contribution >= 4 is 17.3 Å². The maximum absolute atomic E-state index is 11.4. The molecule has 0 radical (unpaired) electrons. The first-order valence-electron chi connectivity index (χ1n) is 9.02. The van der Waals surface area contributed by atoms with Crippen LogP contribution in [0, 0.1) is 0 Å². The minimum Gasteiger partial charge on any atom is -0.508 e. The van der Waals surface area contributed by atoms with E-state index >= 15 is 0 Å². The average molecular weight is 354 g/mol. The first-order chi connectivity index (χ1) is 12.6. The summed E-state index contributed by atoms with van der Waals surface area (Å²) < 4.78 is 0. The van der Waals surface area contributed by atoms with Gasteiger partial charge in [-0.15, -0.1) is 0 Å². The lowest BCUT2D eigenvalue weighted by Crippen LogP contribution is -2.46. The van der Waals surface area contributed by atoms with Crippen LogP contribution in [-0.4, -0.2) is 55.2 Å². The molecule has 1 heterocycles. The number of phenols is 1. The summed E-state index contributed by atoms with van der Waals surface area (Å²) in [7, 11) is 0. The van der Waals surface area contributed by atoms with Crippen molar-refractivity contribution in [3.63, 3.8) is 0 Å². The van der Waals surface area contributed by atoms with Crippen LogP contribution in [0.1, 0.15) is 16.8 Å². The predicted octanol–water partition coefficient (Wildman–Crippen LogP) is 2.12. The lowest BCUT2D eigenvalue weighted by molar-refractivity contribution is 0.100. The molecule has 4 N–H and O–H groups in total. The summed E-state index contributed by atoms with van der Waals surface area (Å²) >= 11 is 0. The highest BCUT2D eigenvalue weighted by atomic mass is 16.3. The van der Waals surface area contributed by atoms with E-state index in [9.17, 15) is 9.90 Å². The second kappa shape index (κ2) is 8.58.